The van der Waals surface area contributed by atoms with Crippen molar-refractivity contribution in [2.75, 3.05) is 7.11 Å². The van der Waals surface area contributed by atoms with Crippen LogP contribution in [0.15, 0.2) is 73.3 Å². The van der Waals surface area contributed by atoms with Gasteiger partial charge in [0.05, 0.1) is 7.11 Å². The predicted molar refractivity (Wildman–Crippen MR) is 88.2 cm³/mol. The first kappa shape index (κ1) is 16.0. The van der Waals surface area contributed by atoms with Crippen LogP contribution in [0.3, 0.4) is 0 Å². The average molecular weight is 295 g/mol. The lowest BCUT2D eigenvalue weighted by Crippen LogP contribution is -2.45. The summed E-state index contributed by atoms with van der Waals surface area (Å²) in [5, 5.41) is 0. The van der Waals surface area contributed by atoms with Crippen molar-refractivity contribution in [3.05, 3.63) is 84.4 Å². The summed E-state index contributed by atoms with van der Waals surface area (Å²) in [5.74, 6) is -0.172. The number of hydrogen-bond donors (Lipinski definition) is 1. The summed E-state index contributed by atoms with van der Waals surface area (Å²) in [7, 11) is 1.45. The fraction of sp³-hybridized carbons (Fsp3) is 0.211. The molecule has 0 radical (unpaired) electrons. The Morgan fingerprint density at radius 2 is 1.59 bits per heavy atom. The smallest absolute Gasteiger partial charge is 0.258 e. The SMILES string of the molecule is C=CCCC(C(=O)NOC)(c1ccccc1)c1ccccc1. The van der Waals surface area contributed by atoms with E-state index in [9.17, 15) is 4.79 Å². The topological polar surface area (TPSA) is 38.3 Å². The molecule has 2 aromatic rings. The number of hydrogen-bond acceptors (Lipinski definition) is 2. The Labute approximate surface area is 131 Å². The molecule has 2 rings (SSSR count). The van der Waals surface area contributed by atoms with Crippen LogP contribution in [-0.2, 0) is 15.0 Å². The van der Waals surface area contributed by atoms with E-state index in [1.165, 1.54) is 7.11 Å². The minimum atomic E-state index is -0.799. The number of hydroxylamine groups is 1. The Balaban J connectivity index is 2.63. The molecule has 3 heteroatoms. The molecule has 0 unspecified atom stereocenters. The highest BCUT2D eigenvalue weighted by Gasteiger charge is 2.41. The van der Waals surface area contributed by atoms with Gasteiger partial charge in [0.1, 0.15) is 5.41 Å². The van der Waals surface area contributed by atoms with E-state index in [-0.39, 0.29) is 5.91 Å². The number of allylic oxidation sites excluding steroid dienone is 1. The lowest BCUT2D eigenvalue weighted by Gasteiger charge is -2.33. The van der Waals surface area contributed by atoms with Crippen LogP contribution in [0.5, 0.6) is 0 Å². The largest absolute Gasteiger partial charge is 0.277 e. The maximum absolute atomic E-state index is 12.9. The quantitative estimate of drug-likeness (QED) is 0.626. The molecular formula is C19H21NO2. The molecule has 0 aliphatic carbocycles. The molecule has 1 amide bonds. The first-order chi connectivity index (χ1) is 10.8. The first-order valence-electron chi connectivity index (χ1n) is 7.31. The van der Waals surface area contributed by atoms with Gasteiger partial charge in [0, 0.05) is 0 Å². The maximum Gasteiger partial charge on any atom is 0.258 e. The van der Waals surface area contributed by atoms with Crippen molar-refractivity contribution >= 4 is 5.91 Å². The van der Waals surface area contributed by atoms with E-state index in [1.807, 2.05) is 66.7 Å². The number of rotatable bonds is 7. The molecule has 3 nitrogen and oxygen atoms in total. The van der Waals surface area contributed by atoms with Crippen molar-refractivity contribution in [2.24, 2.45) is 0 Å². The van der Waals surface area contributed by atoms with Crippen LogP contribution < -0.4 is 5.48 Å². The zero-order valence-electron chi connectivity index (χ0n) is 12.8. The summed E-state index contributed by atoms with van der Waals surface area (Å²) in [6, 6.07) is 19.6. The summed E-state index contributed by atoms with van der Waals surface area (Å²) < 4.78 is 0. The molecule has 0 bridgehead atoms. The molecule has 0 saturated heterocycles. The monoisotopic (exact) mass is 295 g/mol. The van der Waals surface area contributed by atoms with Gasteiger partial charge in [-0.25, -0.2) is 5.48 Å². The summed E-state index contributed by atoms with van der Waals surface area (Å²) in [6.07, 6.45) is 3.18. The molecule has 0 aliphatic heterocycles. The summed E-state index contributed by atoms with van der Waals surface area (Å²) in [6.45, 7) is 3.79. The Morgan fingerprint density at radius 1 is 1.09 bits per heavy atom. The molecule has 0 fully saturated rings. The van der Waals surface area contributed by atoms with Gasteiger partial charge in [0.15, 0.2) is 0 Å². The van der Waals surface area contributed by atoms with E-state index in [1.54, 1.807) is 0 Å². The van der Waals surface area contributed by atoms with Crippen LogP contribution in [-0.4, -0.2) is 13.0 Å². The van der Waals surface area contributed by atoms with Gasteiger partial charge in [-0.2, -0.15) is 0 Å². The molecule has 114 valence electrons. The molecule has 0 saturated carbocycles. The van der Waals surface area contributed by atoms with Crippen LogP contribution in [0.2, 0.25) is 0 Å². The van der Waals surface area contributed by atoms with Gasteiger partial charge in [0.2, 0.25) is 0 Å². The number of benzene rings is 2. The van der Waals surface area contributed by atoms with Gasteiger partial charge in [-0.15, -0.1) is 6.58 Å². The third-order valence-corrected chi connectivity index (χ3v) is 3.84. The van der Waals surface area contributed by atoms with E-state index in [4.69, 9.17) is 4.84 Å². The van der Waals surface area contributed by atoms with Crippen LogP contribution in [0.25, 0.3) is 0 Å². The van der Waals surface area contributed by atoms with Gasteiger partial charge in [-0.3, -0.25) is 9.63 Å². The van der Waals surface area contributed by atoms with Crippen LogP contribution in [0.1, 0.15) is 24.0 Å². The van der Waals surface area contributed by atoms with Gasteiger partial charge >= 0.3 is 0 Å². The molecule has 1 N–H and O–H groups in total. The van der Waals surface area contributed by atoms with Crippen LogP contribution in [0, 0.1) is 0 Å². The highest BCUT2D eigenvalue weighted by atomic mass is 16.6. The lowest BCUT2D eigenvalue weighted by atomic mass is 9.70. The van der Waals surface area contributed by atoms with Crippen molar-refractivity contribution < 1.29 is 9.63 Å². The van der Waals surface area contributed by atoms with Crippen molar-refractivity contribution in [1.82, 2.24) is 5.48 Å². The normalized spacial score (nSPS) is 11.0. The van der Waals surface area contributed by atoms with E-state index in [0.717, 1.165) is 17.5 Å². The van der Waals surface area contributed by atoms with Crippen LogP contribution in [0.4, 0.5) is 0 Å². The van der Waals surface area contributed by atoms with E-state index >= 15 is 0 Å². The van der Waals surface area contributed by atoms with Crippen molar-refractivity contribution in [3.8, 4) is 0 Å². The Morgan fingerprint density at radius 3 is 2.00 bits per heavy atom. The molecule has 2 aromatic carbocycles. The number of amides is 1. The first-order valence-corrected chi connectivity index (χ1v) is 7.31. The van der Waals surface area contributed by atoms with Gasteiger partial charge in [-0.05, 0) is 24.0 Å². The minimum absolute atomic E-state index is 0.172. The number of carbonyl (C=O) groups is 1. The zero-order chi connectivity index (χ0) is 15.8. The standard InChI is InChI=1S/C19H21NO2/c1-3-4-15-19(18(21)20-22-2,16-11-7-5-8-12-16)17-13-9-6-10-14-17/h3,5-14H,1,4,15H2,2H3,(H,20,21). The Bertz CT molecular complexity index is 568. The van der Waals surface area contributed by atoms with Gasteiger partial charge in [-0.1, -0.05) is 66.7 Å². The third-order valence-electron chi connectivity index (χ3n) is 3.84. The predicted octanol–water partition coefficient (Wildman–Crippen LogP) is 3.62. The van der Waals surface area contributed by atoms with Gasteiger partial charge < -0.3 is 0 Å². The molecular weight excluding hydrogens is 274 g/mol. The third kappa shape index (κ3) is 3.10. The van der Waals surface area contributed by atoms with Crippen molar-refractivity contribution in [2.45, 2.75) is 18.3 Å². The maximum atomic E-state index is 12.9. The molecule has 22 heavy (non-hydrogen) atoms. The highest BCUT2D eigenvalue weighted by Crippen LogP contribution is 2.37. The minimum Gasteiger partial charge on any atom is -0.277 e. The number of carbonyl (C=O) groups excluding carboxylic acids is 1. The van der Waals surface area contributed by atoms with Gasteiger partial charge in [0.25, 0.3) is 5.91 Å². The van der Waals surface area contributed by atoms with Crippen molar-refractivity contribution in [1.29, 1.82) is 0 Å². The van der Waals surface area contributed by atoms with E-state index < -0.39 is 5.41 Å². The van der Waals surface area contributed by atoms with E-state index in [0.29, 0.717) is 6.42 Å². The van der Waals surface area contributed by atoms with Crippen molar-refractivity contribution in [3.63, 3.8) is 0 Å². The number of nitrogens with one attached hydrogen (secondary N) is 1. The molecule has 0 aromatic heterocycles. The second kappa shape index (κ2) is 7.57. The lowest BCUT2D eigenvalue weighted by molar-refractivity contribution is -0.136. The second-order valence-electron chi connectivity index (χ2n) is 5.10. The van der Waals surface area contributed by atoms with Crippen LogP contribution >= 0.6 is 0 Å². The fourth-order valence-electron chi connectivity index (χ4n) is 2.77. The molecule has 0 spiro atoms. The molecule has 0 heterocycles. The zero-order valence-corrected chi connectivity index (χ0v) is 12.8. The summed E-state index contributed by atoms with van der Waals surface area (Å²) >= 11 is 0. The highest BCUT2D eigenvalue weighted by molar-refractivity contribution is 5.91. The summed E-state index contributed by atoms with van der Waals surface area (Å²) in [4.78, 5) is 17.8. The Hall–Kier alpha value is -2.39. The molecule has 0 aliphatic rings. The Kier molecular flexibility index (Phi) is 5.50. The summed E-state index contributed by atoms with van der Waals surface area (Å²) in [5.41, 5.74) is 3.60. The molecule has 0 atom stereocenters. The second-order valence-corrected chi connectivity index (χ2v) is 5.10. The average Bonchev–Trinajstić information content (AvgIpc) is 2.58. The van der Waals surface area contributed by atoms with E-state index in [2.05, 4.69) is 12.1 Å². The fourth-order valence-corrected chi connectivity index (χ4v) is 2.77.